The van der Waals surface area contributed by atoms with Crippen LogP contribution >= 0.6 is 0 Å². The van der Waals surface area contributed by atoms with Crippen LogP contribution in [0.2, 0.25) is 0 Å². The average Bonchev–Trinajstić information content (AvgIpc) is 3.61. The number of carboxylic acid groups (broad SMARTS) is 1. The van der Waals surface area contributed by atoms with Crippen LogP contribution < -0.4 is 4.74 Å². The van der Waals surface area contributed by atoms with E-state index >= 15 is 0 Å². The van der Waals surface area contributed by atoms with Gasteiger partial charge in [-0.1, -0.05) is 25.1 Å². The first-order valence-corrected chi connectivity index (χ1v) is 14.2. The fraction of sp³-hybridized carbons (Fsp3) is 0.469. The molecule has 1 aromatic heterocycles. The lowest BCUT2D eigenvalue weighted by molar-refractivity contribution is -0.142. The molecule has 1 aliphatic heterocycles. The number of hydrogen-bond acceptors (Lipinski definition) is 4. The van der Waals surface area contributed by atoms with E-state index in [1.165, 1.54) is 0 Å². The van der Waals surface area contributed by atoms with E-state index in [4.69, 9.17) is 4.74 Å². The summed E-state index contributed by atoms with van der Waals surface area (Å²) in [5, 5.41) is 10.0. The molecule has 7 nitrogen and oxygen atoms in total. The molecule has 2 N–H and O–H groups in total. The van der Waals surface area contributed by atoms with Gasteiger partial charge in [-0.25, -0.2) is 4.79 Å². The molecule has 40 heavy (non-hydrogen) atoms. The van der Waals surface area contributed by atoms with Crippen molar-refractivity contribution >= 4 is 28.6 Å². The summed E-state index contributed by atoms with van der Waals surface area (Å²) in [7, 11) is 1.61. The molecule has 1 aliphatic carbocycles. The molecule has 8 heteroatoms. The summed E-state index contributed by atoms with van der Waals surface area (Å²) in [6.45, 7) is 2.13. The first-order chi connectivity index (χ1) is 19.3. The van der Waals surface area contributed by atoms with Gasteiger partial charge < -0.3 is 19.7 Å². The van der Waals surface area contributed by atoms with Crippen molar-refractivity contribution in [2.75, 3.05) is 20.3 Å². The lowest BCUT2D eigenvalue weighted by atomic mass is 9.76. The van der Waals surface area contributed by atoms with Crippen LogP contribution in [0.3, 0.4) is 0 Å². The Kier molecular flexibility index (Phi) is 8.24. The number of benzene rings is 2. The minimum atomic E-state index is -1.04. The molecule has 0 radical (unpaired) electrons. The van der Waals surface area contributed by atoms with Crippen molar-refractivity contribution in [3.8, 4) is 5.75 Å². The zero-order chi connectivity index (χ0) is 28.4. The number of ketones is 1. The molecule has 2 heterocycles. The topological polar surface area (TPSA) is 99.7 Å². The first-order valence-electron chi connectivity index (χ1n) is 14.2. The number of carbonyl (C=O) groups is 3. The lowest BCUT2D eigenvalue weighted by Crippen LogP contribution is -2.46. The number of carbonyl (C=O) groups excluding carboxylic acids is 2. The second-order valence-electron chi connectivity index (χ2n) is 11.4. The number of amides is 1. The van der Waals surface area contributed by atoms with Crippen LogP contribution in [0.4, 0.5) is 4.39 Å². The monoisotopic (exact) mass is 548 g/mol. The Hall–Kier alpha value is -3.68. The molecule has 3 atom stereocenters. The molecule has 1 saturated carbocycles. The van der Waals surface area contributed by atoms with E-state index in [-0.39, 0.29) is 48.2 Å². The molecule has 3 aromatic rings. The molecule has 212 valence electrons. The third-order valence-electron chi connectivity index (χ3n) is 9.02. The maximum absolute atomic E-state index is 14.0. The molecule has 2 aliphatic rings. The SMILES string of the molecule is COc1ccc([C@H]2CCN(C(=O)C3CCC([C@H](C)CF)CC3)[C@@H]2C(=O)Cc2ccc3[nH]c(C(=O)O)cc3c2)cc1. The standard InChI is InChI=1S/C32H37FN2O5/c1-19(18-33)21-4-6-23(7-5-21)31(37)35-14-13-26(22-8-10-25(40-2)11-9-22)30(35)29(36)16-20-3-12-27-24(15-20)17-28(34-27)32(38)39/h3,8-12,15,17,19,21,23,26,30,34H,4-7,13-14,16,18H2,1-2H3,(H,38,39)/t19-,21?,23?,26-,30+/m1/s1. The number of hydrogen-bond donors (Lipinski definition) is 2. The Balaban J connectivity index is 1.38. The van der Waals surface area contributed by atoms with Gasteiger partial charge in [-0.3, -0.25) is 14.0 Å². The summed E-state index contributed by atoms with van der Waals surface area (Å²) in [5.74, 6) is -0.240. The molecule has 1 saturated heterocycles. The Morgan fingerprint density at radius 2 is 1.77 bits per heavy atom. The zero-order valence-electron chi connectivity index (χ0n) is 23.1. The number of likely N-dealkylation sites (tertiary alicyclic amines) is 1. The van der Waals surface area contributed by atoms with Crippen LogP contribution in [0, 0.1) is 17.8 Å². The fourth-order valence-electron chi connectivity index (χ4n) is 6.65. The number of Topliss-reactive ketones (excluding diaryl/α,β-unsaturated/α-hetero) is 1. The fourth-order valence-corrected chi connectivity index (χ4v) is 6.65. The van der Waals surface area contributed by atoms with Gasteiger partial charge in [-0.2, -0.15) is 0 Å². The lowest BCUT2D eigenvalue weighted by Gasteiger charge is -2.35. The average molecular weight is 549 g/mol. The third-order valence-corrected chi connectivity index (χ3v) is 9.02. The van der Waals surface area contributed by atoms with Gasteiger partial charge in [-0.15, -0.1) is 0 Å². The number of aromatic carboxylic acids is 1. The summed E-state index contributed by atoms with van der Waals surface area (Å²) >= 11 is 0. The van der Waals surface area contributed by atoms with Crippen molar-refractivity contribution in [2.45, 2.75) is 57.4 Å². The summed E-state index contributed by atoms with van der Waals surface area (Å²) < 4.78 is 18.5. The Labute approximate surface area is 233 Å². The highest BCUT2D eigenvalue weighted by Crippen LogP contribution is 2.40. The second-order valence-corrected chi connectivity index (χ2v) is 11.4. The molecular weight excluding hydrogens is 511 g/mol. The second kappa shape index (κ2) is 11.8. The number of ether oxygens (including phenoxy) is 1. The number of rotatable bonds is 9. The molecular formula is C32H37FN2O5. The third kappa shape index (κ3) is 5.62. The number of alkyl halides is 1. The Bertz CT molecular complexity index is 1380. The minimum Gasteiger partial charge on any atom is -0.497 e. The van der Waals surface area contributed by atoms with Gasteiger partial charge in [0, 0.05) is 35.7 Å². The number of nitrogens with one attached hydrogen (secondary N) is 1. The van der Waals surface area contributed by atoms with Gasteiger partial charge in [0.2, 0.25) is 5.91 Å². The van der Waals surface area contributed by atoms with Crippen LogP contribution in [0.1, 0.15) is 66.6 Å². The first kappa shape index (κ1) is 27.9. The number of carboxylic acids is 1. The van der Waals surface area contributed by atoms with Crippen molar-refractivity contribution in [1.29, 1.82) is 0 Å². The number of aromatic amines is 1. The van der Waals surface area contributed by atoms with Gasteiger partial charge in [0.05, 0.1) is 19.8 Å². The van der Waals surface area contributed by atoms with Crippen molar-refractivity contribution in [3.63, 3.8) is 0 Å². The van der Waals surface area contributed by atoms with Gasteiger partial charge in [0.1, 0.15) is 11.4 Å². The maximum atomic E-state index is 14.0. The Morgan fingerprint density at radius 3 is 2.42 bits per heavy atom. The van der Waals surface area contributed by atoms with Gasteiger partial charge in [0.25, 0.3) is 0 Å². The van der Waals surface area contributed by atoms with E-state index in [1.54, 1.807) is 24.1 Å². The van der Waals surface area contributed by atoms with E-state index in [2.05, 4.69) is 4.98 Å². The highest BCUT2D eigenvalue weighted by Gasteiger charge is 2.44. The quantitative estimate of drug-likeness (QED) is 0.353. The number of nitrogens with zero attached hydrogens (tertiary/aromatic N) is 1. The maximum Gasteiger partial charge on any atom is 0.352 e. The predicted octanol–water partition coefficient (Wildman–Crippen LogP) is 5.78. The number of methoxy groups -OCH3 is 1. The normalized spacial score (nSPS) is 23.7. The molecule has 2 fully saturated rings. The van der Waals surface area contributed by atoms with Crippen molar-refractivity contribution in [1.82, 2.24) is 9.88 Å². The van der Waals surface area contributed by atoms with Crippen LogP contribution in [0.15, 0.2) is 48.5 Å². The molecule has 0 spiro atoms. The highest BCUT2D eigenvalue weighted by atomic mass is 19.1. The Morgan fingerprint density at radius 1 is 1.05 bits per heavy atom. The van der Waals surface area contributed by atoms with E-state index in [0.29, 0.717) is 24.4 Å². The van der Waals surface area contributed by atoms with Crippen LogP contribution in [-0.4, -0.2) is 59.0 Å². The van der Waals surface area contributed by atoms with Crippen molar-refractivity contribution < 1.29 is 28.6 Å². The molecule has 0 bridgehead atoms. The van der Waals surface area contributed by atoms with Gasteiger partial charge in [-0.05, 0) is 85.4 Å². The highest BCUT2D eigenvalue weighted by molar-refractivity contribution is 5.95. The molecule has 5 rings (SSSR count). The van der Waals surface area contributed by atoms with E-state index in [9.17, 15) is 23.9 Å². The van der Waals surface area contributed by atoms with Gasteiger partial charge >= 0.3 is 5.97 Å². The predicted molar refractivity (Wildman–Crippen MR) is 150 cm³/mol. The van der Waals surface area contributed by atoms with Gasteiger partial charge in [0.15, 0.2) is 5.78 Å². The zero-order valence-corrected chi connectivity index (χ0v) is 23.1. The van der Waals surface area contributed by atoms with E-state index < -0.39 is 12.0 Å². The summed E-state index contributed by atoms with van der Waals surface area (Å²) in [4.78, 5) is 43.9. The molecule has 0 unspecified atom stereocenters. The number of fused-ring (bicyclic) bond motifs is 1. The van der Waals surface area contributed by atoms with E-state index in [0.717, 1.165) is 47.9 Å². The molecule has 2 aromatic carbocycles. The summed E-state index contributed by atoms with van der Waals surface area (Å²) in [5.41, 5.74) is 2.57. The summed E-state index contributed by atoms with van der Waals surface area (Å²) in [6.07, 6.45) is 3.98. The molecule has 1 amide bonds. The van der Waals surface area contributed by atoms with E-state index in [1.807, 2.05) is 43.3 Å². The smallest absolute Gasteiger partial charge is 0.352 e. The minimum absolute atomic E-state index is 0.0144. The van der Waals surface area contributed by atoms with Crippen LogP contribution in [0.5, 0.6) is 5.75 Å². The number of H-pyrrole nitrogens is 1. The van der Waals surface area contributed by atoms with Crippen LogP contribution in [-0.2, 0) is 16.0 Å². The number of halogens is 1. The van der Waals surface area contributed by atoms with Crippen LogP contribution in [0.25, 0.3) is 10.9 Å². The van der Waals surface area contributed by atoms with Crippen molar-refractivity contribution in [2.24, 2.45) is 17.8 Å². The van der Waals surface area contributed by atoms with Crippen molar-refractivity contribution in [3.05, 3.63) is 65.4 Å². The number of aromatic nitrogens is 1. The summed E-state index contributed by atoms with van der Waals surface area (Å²) in [6, 6.07) is 14.2. The largest absolute Gasteiger partial charge is 0.497 e.